The van der Waals surface area contributed by atoms with E-state index in [9.17, 15) is 8.42 Å². The van der Waals surface area contributed by atoms with Gasteiger partial charge in [-0.25, -0.2) is 13.4 Å². The molecule has 1 aromatic heterocycles. The third kappa shape index (κ3) is 3.54. The zero-order valence-corrected chi connectivity index (χ0v) is 11.7. The molecule has 1 rings (SSSR count). The van der Waals surface area contributed by atoms with Gasteiger partial charge in [0.05, 0.1) is 5.69 Å². The van der Waals surface area contributed by atoms with Crippen LogP contribution in [0.3, 0.4) is 0 Å². The smallest absolute Gasteiger partial charge is 0.153 e. The molecule has 1 heterocycles. The molecule has 0 bridgehead atoms. The van der Waals surface area contributed by atoms with E-state index in [1.54, 1.807) is 0 Å². The molecule has 6 heteroatoms. The molecule has 0 fully saturated rings. The van der Waals surface area contributed by atoms with E-state index in [1.165, 1.54) is 17.6 Å². The van der Waals surface area contributed by atoms with Gasteiger partial charge in [-0.15, -0.1) is 11.3 Å². The van der Waals surface area contributed by atoms with Crippen molar-refractivity contribution in [3.05, 3.63) is 15.6 Å². The maximum absolute atomic E-state index is 11.2. The maximum Gasteiger partial charge on any atom is 0.153 e. The van der Waals surface area contributed by atoms with Gasteiger partial charge in [0.25, 0.3) is 0 Å². The highest BCUT2D eigenvalue weighted by Gasteiger charge is 2.23. The highest BCUT2D eigenvalue weighted by Crippen LogP contribution is 2.29. The van der Waals surface area contributed by atoms with E-state index in [1.807, 2.05) is 20.8 Å². The van der Waals surface area contributed by atoms with Crippen molar-refractivity contribution in [3.8, 4) is 0 Å². The van der Waals surface area contributed by atoms with Crippen molar-refractivity contribution in [2.24, 2.45) is 5.73 Å². The summed E-state index contributed by atoms with van der Waals surface area (Å²) in [5.41, 5.74) is 6.46. The summed E-state index contributed by atoms with van der Waals surface area (Å²) in [7, 11) is -3.03. The Morgan fingerprint density at radius 3 is 2.25 bits per heavy atom. The topological polar surface area (TPSA) is 73.0 Å². The van der Waals surface area contributed by atoms with E-state index in [0.29, 0.717) is 11.6 Å². The second-order valence-electron chi connectivity index (χ2n) is 4.90. The first-order valence-corrected chi connectivity index (χ1v) is 7.88. The molecule has 0 unspecified atom stereocenters. The van der Waals surface area contributed by atoms with Crippen LogP contribution in [0, 0.1) is 0 Å². The van der Waals surface area contributed by atoms with Gasteiger partial charge in [-0.1, -0.05) is 20.8 Å². The number of rotatable bonds is 3. The molecule has 0 radical (unpaired) electrons. The summed E-state index contributed by atoms with van der Waals surface area (Å²) in [6.45, 7) is 6.55. The summed E-state index contributed by atoms with van der Waals surface area (Å²) < 4.78 is 22.4. The molecule has 0 aliphatic heterocycles. The summed E-state index contributed by atoms with van der Waals surface area (Å²) in [6, 6.07) is 0. The van der Waals surface area contributed by atoms with Gasteiger partial charge in [0.1, 0.15) is 10.8 Å². The predicted octanol–water partition coefficient (Wildman–Crippen LogP) is 1.44. The van der Waals surface area contributed by atoms with E-state index in [-0.39, 0.29) is 11.2 Å². The first kappa shape index (κ1) is 13.6. The molecule has 92 valence electrons. The summed E-state index contributed by atoms with van der Waals surface area (Å²) in [4.78, 5) is 5.37. The normalized spacial score (nSPS) is 13.1. The summed E-state index contributed by atoms with van der Waals surface area (Å²) in [5, 5.41) is 0.632. The number of aromatic nitrogens is 1. The molecule has 1 aromatic rings. The number of hydrogen-bond acceptors (Lipinski definition) is 5. The Morgan fingerprint density at radius 1 is 1.38 bits per heavy atom. The molecule has 16 heavy (non-hydrogen) atoms. The summed E-state index contributed by atoms with van der Waals surface area (Å²) in [6.07, 6.45) is 1.22. The van der Waals surface area contributed by atoms with Crippen LogP contribution in [0.1, 0.15) is 36.3 Å². The van der Waals surface area contributed by atoms with Crippen LogP contribution in [-0.4, -0.2) is 19.7 Å². The average molecular weight is 262 g/mol. The summed E-state index contributed by atoms with van der Waals surface area (Å²) >= 11 is 1.40. The largest absolute Gasteiger partial charge is 0.326 e. The number of nitrogens with zero attached hydrogens (tertiary/aromatic N) is 1. The van der Waals surface area contributed by atoms with Gasteiger partial charge in [0.2, 0.25) is 0 Å². The van der Waals surface area contributed by atoms with Gasteiger partial charge in [-0.3, -0.25) is 0 Å². The third-order valence-electron chi connectivity index (χ3n) is 2.02. The number of hydrogen-bond donors (Lipinski definition) is 1. The van der Waals surface area contributed by atoms with E-state index in [2.05, 4.69) is 4.98 Å². The molecule has 0 amide bonds. The van der Waals surface area contributed by atoms with Crippen LogP contribution >= 0.6 is 11.3 Å². The molecule has 0 spiro atoms. The fourth-order valence-corrected chi connectivity index (χ4v) is 3.76. The minimum absolute atomic E-state index is 0.000741. The molecule has 0 aliphatic rings. The zero-order chi connectivity index (χ0) is 12.6. The molecule has 2 N–H and O–H groups in total. The predicted molar refractivity (Wildman–Crippen MR) is 67.3 cm³/mol. The van der Waals surface area contributed by atoms with Crippen LogP contribution in [0.4, 0.5) is 0 Å². The van der Waals surface area contributed by atoms with Gasteiger partial charge in [0.15, 0.2) is 9.84 Å². The lowest BCUT2D eigenvalue weighted by Crippen LogP contribution is -2.15. The lowest BCUT2D eigenvalue weighted by molar-refractivity contribution is 0.564. The second-order valence-corrected chi connectivity index (χ2v) is 8.21. The number of thiazole rings is 1. The Bertz CT molecular complexity index is 469. The molecule has 0 aliphatic carbocycles. The Kier molecular flexibility index (Phi) is 3.76. The van der Waals surface area contributed by atoms with Crippen LogP contribution in [0.2, 0.25) is 0 Å². The van der Waals surface area contributed by atoms with Crippen molar-refractivity contribution in [1.82, 2.24) is 4.98 Å². The van der Waals surface area contributed by atoms with Crippen LogP contribution in [0.25, 0.3) is 0 Å². The van der Waals surface area contributed by atoms with Crippen LogP contribution in [0.15, 0.2) is 0 Å². The fourth-order valence-electron chi connectivity index (χ4n) is 1.41. The quantitative estimate of drug-likeness (QED) is 0.894. The first-order valence-electron chi connectivity index (χ1n) is 5.00. The molecular formula is C10H18N2O2S2. The van der Waals surface area contributed by atoms with Crippen LogP contribution in [-0.2, 0) is 27.5 Å². The molecule has 0 saturated heterocycles. The van der Waals surface area contributed by atoms with Gasteiger partial charge in [-0.05, 0) is 0 Å². The highest BCUT2D eigenvalue weighted by molar-refractivity contribution is 7.90. The SMILES string of the molecule is CC(C)(C)c1nc(CS(C)(=O)=O)sc1CN. The lowest BCUT2D eigenvalue weighted by Gasteiger charge is -2.16. The molecular weight excluding hydrogens is 244 g/mol. The number of sulfone groups is 1. The van der Waals surface area contributed by atoms with E-state index >= 15 is 0 Å². The van der Waals surface area contributed by atoms with Crippen molar-refractivity contribution in [3.63, 3.8) is 0 Å². The van der Waals surface area contributed by atoms with E-state index in [4.69, 9.17) is 5.73 Å². The Balaban J connectivity index is 3.14. The molecule has 0 saturated carbocycles. The lowest BCUT2D eigenvalue weighted by atomic mass is 9.91. The first-order chi connectivity index (χ1) is 7.13. The number of nitrogens with two attached hydrogens (primary N) is 1. The fraction of sp³-hybridized carbons (Fsp3) is 0.700. The minimum atomic E-state index is -3.03. The third-order valence-corrected chi connectivity index (χ3v) is 4.08. The maximum atomic E-state index is 11.2. The Labute approximate surface area is 101 Å². The monoisotopic (exact) mass is 262 g/mol. The average Bonchev–Trinajstić information content (AvgIpc) is 2.43. The molecule has 0 aromatic carbocycles. The Hall–Kier alpha value is -0.460. The van der Waals surface area contributed by atoms with Gasteiger partial charge >= 0.3 is 0 Å². The molecule has 0 atom stereocenters. The Morgan fingerprint density at radius 2 is 1.94 bits per heavy atom. The van der Waals surface area contributed by atoms with E-state index < -0.39 is 9.84 Å². The standard InChI is InChI=1S/C10H18N2O2S2/c1-10(2,3)9-7(5-11)15-8(12-9)6-16(4,13)14/h5-6,11H2,1-4H3. The van der Waals surface area contributed by atoms with E-state index in [0.717, 1.165) is 10.6 Å². The summed E-state index contributed by atoms with van der Waals surface area (Å²) in [5.74, 6) is 0.000741. The zero-order valence-electron chi connectivity index (χ0n) is 10.1. The highest BCUT2D eigenvalue weighted by atomic mass is 32.2. The van der Waals surface area contributed by atoms with Gasteiger partial charge < -0.3 is 5.73 Å². The van der Waals surface area contributed by atoms with Crippen LogP contribution in [0.5, 0.6) is 0 Å². The van der Waals surface area contributed by atoms with Crippen LogP contribution < -0.4 is 5.73 Å². The minimum Gasteiger partial charge on any atom is -0.326 e. The van der Waals surface area contributed by atoms with Gasteiger partial charge in [-0.2, -0.15) is 0 Å². The van der Waals surface area contributed by atoms with Crippen molar-refractivity contribution < 1.29 is 8.42 Å². The second kappa shape index (κ2) is 4.43. The van der Waals surface area contributed by atoms with Crippen molar-refractivity contribution in [2.45, 2.75) is 38.5 Å². The van der Waals surface area contributed by atoms with Crippen molar-refractivity contribution in [2.75, 3.05) is 6.26 Å². The van der Waals surface area contributed by atoms with Crippen molar-refractivity contribution >= 4 is 21.2 Å². The van der Waals surface area contributed by atoms with Crippen molar-refractivity contribution in [1.29, 1.82) is 0 Å². The van der Waals surface area contributed by atoms with Gasteiger partial charge in [0, 0.05) is 23.1 Å². The molecule has 4 nitrogen and oxygen atoms in total.